The summed E-state index contributed by atoms with van der Waals surface area (Å²) in [6.45, 7) is 1.89. The van der Waals surface area contributed by atoms with E-state index in [0.29, 0.717) is 24.2 Å². The van der Waals surface area contributed by atoms with E-state index < -0.39 is 18.0 Å². The van der Waals surface area contributed by atoms with E-state index in [4.69, 9.17) is 9.84 Å². The van der Waals surface area contributed by atoms with Gasteiger partial charge in [-0.3, -0.25) is 4.79 Å². The second-order valence-electron chi connectivity index (χ2n) is 4.06. The molecule has 0 aliphatic heterocycles. The molecule has 18 heavy (non-hydrogen) atoms. The van der Waals surface area contributed by atoms with Crippen LogP contribution in [0.5, 0.6) is 5.75 Å². The van der Waals surface area contributed by atoms with Crippen LogP contribution < -0.4 is 4.74 Å². The Kier molecular flexibility index (Phi) is 5.62. The zero-order chi connectivity index (χ0) is 13.7. The minimum absolute atomic E-state index is 0.423. The molecule has 0 aromatic heterocycles. The second-order valence-corrected chi connectivity index (χ2v) is 4.98. The summed E-state index contributed by atoms with van der Waals surface area (Å²) in [4.78, 5) is 11.2. The SMILES string of the molecule is CCCC(C(=O)O)C(O)c1cc(Br)ccc1OC. The minimum atomic E-state index is -1.07. The van der Waals surface area contributed by atoms with Gasteiger partial charge in [-0.2, -0.15) is 0 Å². The highest BCUT2D eigenvalue weighted by Gasteiger charge is 2.29. The van der Waals surface area contributed by atoms with Crippen molar-refractivity contribution in [2.75, 3.05) is 7.11 Å². The number of halogens is 1. The van der Waals surface area contributed by atoms with Crippen molar-refractivity contribution in [3.63, 3.8) is 0 Å². The van der Waals surface area contributed by atoms with E-state index in [9.17, 15) is 9.90 Å². The smallest absolute Gasteiger partial charge is 0.309 e. The maximum atomic E-state index is 11.2. The van der Waals surface area contributed by atoms with E-state index in [0.717, 1.165) is 4.47 Å². The van der Waals surface area contributed by atoms with Crippen LogP contribution in [-0.4, -0.2) is 23.3 Å². The fourth-order valence-corrected chi connectivity index (χ4v) is 2.26. The monoisotopic (exact) mass is 316 g/mol. The first kappa shape index (κ1) is 15.0. The molecule has 0 amide bonds. The normalized spacial score (nSPS) is 14.0. The summed E-state index contributed by atoms with van der Waals surface area (Å²) < 4.78 is 5.93. The van der Waals surface area contributed by atoms with Crippen LogP contribution in [-0.2, 0) is 4.79 Å². The first-order valence-corrected chi connectivity index (χ1v) is 6.54. The number of hydrogen-bond acceptors (Lipinski definition) is 3. The average Bonchev–Trinajstić information content (AvgIpc) is 2.34. The van der Waals surface area contributed by atoms with Crippen LogP contribution in [0.1, 0.15) is 31.4 Å². The predicted molar refractivity (Wildman–Crippen MR) is 71.7 cm³/mol. The zero-order valence-corrected chi connectivity index (χ0v) is 12.0. The van der Waals surface area contributed by atoms with Crippen LogP contribution in [0.25, 0.3) is 0 Å². The highest BCUT2D eigenvalue weighted by molar-refractivity contribution is 9.10. The first-order valence-electron chi connectivity index (χ1n) is 5.75. The fraction of sp³-hybridized carbons (Fsp3) is 0.462. The summed E-state index contributed by atoms with van der Waals surface area (Å²) >= 11 is 3.30. The molecule has 0 fully saturated rings. The van der Waals surface area contributed by atoms with Gasteiger partial charge in [0.2, 0.25) is 0 Å². The number of ether oxygens (including phenoxy) is 1. The molecule has 1 rings (SSSR count). The molecule has 2 atom stereocenters. The highest BCUT2D eigenvalue weighted by atomic mass is 79.9. The van der Waals surface area contributed by atoms with E-state index in [-0.39, 0.29) is 0 Å². The molecule has 5 heteroatoms. The molecule has 1 aromatic rings. The third-order valence-electron chi connectivity index (χ3n) is 2.81. The van der Waals surface area contributed by atoms with E-state index in [1.165, 1.54) is 7.11 Å². The molecule has 0 aliphatic rings. The Morgan fingerprint density at radius 3 is 2.67 bits per heavy atom. The molecule has 0 radical (unpaired) electrons. The van der Waals surface area contributed by atoms with Crippen LogP contribution in [0.15, 0.2) is 22.7 Å². The number of rotatable bonds is 6. The minimum Gasteiger partial charge on any atom is -0.496 e. The number of benzene rings is 1. The Bertz CT molecular complexity index is 419. The van der Waals surface area contributed by atoms with Crippen molar-refractivity contribution in [2.45, 2.75) is 25.9 Å². The van der Waals surface area contributed by atoms with Gasteiger partial charge in [0.15, 0.2) is 0 Å². The average molecular weight is 317 g/mol. The van der Waals surface area contributed by atoms with E-state index in [1.54, 1.807) is 18.2 Å². The highest BCUT2D eigenvalue weighted by Crippen LogP contribution is 2.34. The molecule has 2 unspecified atom stereocenters. The maximum Gasteiger partial charge on any atom is 0.309 e. The quantitative estimate of drug-likeness (QED) is 0.846. The topological polar surface area (TPSA) is 66.8 Å². The summed E-state index contributed by atoms with van der Waals surface area (Å²) in [7, 11) is 1.50. The summed E-state index contributed by atoms with van der Waals surface area (Å²) in [5.41, 5.74) is 0.493. The summed E-state index contributed by atoms with van der Waals surface area (Å²) in [5, 5.41) is 19.4. The molecule has 0 saturated carbocycles. The number of carboxylic acids is 1. The number of hydrogen-bond donors (Lipinski definition) is 2. The number of aliphatic hydroxyl groups is 1. The Morgan fingerprint density at radius 1 is 1.50 bits per heavy atom. The standard InChI is InChI=1S/C13H17BrO4/c1-3-4-9(13(16)17)12(15)10-7-8(14)5-6-11(10)18-2/h5-7,9,12,15H,3-4H2,1-2H3,(H,16,17). The molecule has 0 spiro atoms. The van der Waals surface area contributed by atoms with E-state index >= 15 is 0 Å². The van der Waals surface area contributed by atoms with Crippen molar-refractivity contribution in [2.24, 2.45) is 5.92 Å². The zero-order valence-electron chi connectivity index (χ0n) is 10.4. The predicted octanol–water partition coefficient (Wildman–Crippen LogP) is 2.99. The lowest BCUT2D eigenvalue weighted by Crippen LogP contribution is -2.22. The van der Waals surface area contributed by atoms with Crippen molar-refractivity contribution in [3.05, 3.63) is 28.2 Å². The fourth-order valence-electron chi connectivity index (χ4n) is 1.88. The molecule has 4 nitrogen and oxygen atoms in total. The molecule has 0 aliphatic carbocycles. The second kappa shape index (κ2) is 6.75. The van der Waals surface area contributed by atoms with Crippen LogP contribution in [0.2, 0.25) is 0 Å². The van der Waals surface area contributed by atoms with Gasteiger partial charge in [0.05, 0.1) is 19.1 Å². The first-order chi connectivity index (χ1) is 8.51. The molecule has 100 valence electrons. The van der Waals surface area contributed by atoms with Crippen molar-refractivity contribution >= 4 is 21.9 Å². The van der Waals surface area contributed by atoms with Gasteiger partial charge in [-0.15, -0.1) is 0 Å². The van der Waals surface area contributed by atoms with Gasteiger partial charge in [-0.05, 0) is 24.6 Å². The largest absolute Gasteiger partial charge is 0.496 e. The van der Waals surface area contributed by atoms with Crippen LogP contribution in [0, 0.1) is 5.92 Å². The van der Waals surface area contributed by atoms with Crippen molar-refractivity contribution in [1.82, 2.24) is 0 Å². The van der Waals surface area contributed by atoms with Crippen molar-refractivity contribution in [1.29, 1.82) is 0 Å². The Hall–Kier alpha value is -1.07. The molecular weight excluding hydrogens is 300 g/mol. The number of aliphatic carboxylic acids is 1. The molecular formula is C13H17BrO4. The van der Waals surface area contributed by atoms with Crippen LogP contribution in [0.4, 0.5) is 0 Å². The van der Waals surface area contributed by atoms with Gasteiger partial charge in [0, 0.05) is 10.0 Å². The molecule has 0 bridgehead atoms. The third-order valence-corrected chi connectivity index (χ3v) is 3.30. The van der Waals surface area contributed by atoms with E-state index in [1.807, 2.05) is 6.92 Å². The molecule has 0 heterocycles. The van der Waals surface area contributed by atoms with Gasteiger partial charge in [0.25, 0.3) is 0 Å². The lowest BCUT2D eigenvalue weighted by molar-refractivity contribution is -0.146. The van der Waals surface area contributed by atoms with Gasteiger partial charge in [-0.1, -0.05) is 29.3 Å². The van der Waals surface area contributed by atoms with Crippen molar-refractivity contribution < 1.29 is 19.7 Å². The number of carbonyl (C=O) groups is 1. The summed E-state index contributed by atoms with van der Waals surface area (Å²) in [6.07, 6.45) is 0.0474. The Morgan fingerprint density at radius 2 is 2.17 bits per heavy atom. The molecule has 1 aromatic carbocycles. The van der Waals surface area contributed by atoms with Crippen LogP contribution in [0.3, 0.4) is 0 Å². The lowest BCUT2D eigenvalue weighted by Gasteiger charge is -2.21. The maximum absolute atomic E-state index is 11.2. The number of carboxylic acid groups (broad SMARTS) is 1. The van der Waals surface area contributed by atoms with Crippen molar-refractivity contribution in [3.8, 4) is 5.75 Å². The van der Waals surface area contributed by atoms with Gasteiger partial charge in [-0.25, -0.2) is 0 Å². The van der Waals surface area contributed by atoms with Gasteiger partial charge >= 0.3 is 5.97 Å². The number of methoxy groups -OCH3 is 1. The summed E-state index contributed by atoms with van der Waals surface area (Å²) in [5.74, 6) is -1.32. The summed E-state index contributed by atoms with van der Waals surface area (Å²) in [6, 6.07) is 5.17. The Balaban J connectivity index is 3.10. The third kappa shape index (κ3) is 3.46. The molecule has 0 saturated heterocycles. The Labute approximate surface area is 115 Å². The number of aliphatic hydroxyl groups excluding tert-OH is 1. The van der Waals surface area contributed by atoms with Gasteiger partial charge in [0.1, 0.15) is 5.75 Å². The van der Waals surface area contributed by atoms with E-state index in [2.05, 4.69) is 15.9 Å². The van der Waals surface area contributed by atoms with Gasteiger partial charge < -0.3 is 14.9 Å². The molecule has 2 N–H and O–H groups in total. The lowest BCUT2D eigenvalue weighted by atomic mass is 9.91. The van der Waals surface area contributed by atoms with Crippen LogP contribution >= 0.6 is 15.9 Å².